The number of aliphatic carboxylic acids is 1. The first-order chi connectivity index (χ1) is 9.11. The van der Waals surface area contributed by atoms with E-state index in [4.69, 9.17) is 5.11 Å². The first-order valence-corrected chi connectivity index (χ1v) is 6.49. The maximum Gasteiger partial charge on any atom is 0.304 e. The molecule has 1 heterocycles. The number of carbonyl (C=O) groups excluding carboxylic acids is 1. The van der Waals surface area contributed by atoms with Gasteiger partial charge in [0.25, 0.3) is 0 Å². The predicted molar refractivity (Wildman–Crippen MR) is 69.7 cm³/mol. The Hall–Kier alpha value is -2.04. The van der Waals surface area contributed by atoms with E-state index in [9.17, 15) is 9.59 Å². The summed E-state index contributed by atoms with van der Waals surface area (Å²) in [5.41, 5.74) is 4.55. The molecule has 2 aliphatic rings. The van der Waals surface area contributed by atoms with E-state index in [0.29, 0.717) is 13.0 Å². The second-order valence-corrected chi connectivity index (χ2v) is 5.30. The van der Waals surface area contributed by atoms with E-state index in [1.165, 1.54) is 0 Å². The number of nitrogens with one attached hydrogen (secondary N) is 1. The molecule has 0 aromatic heterocycles. The summed E-state index contributed by atoms with van der Waals surface area (Å²) in [5, 5.41) is 10.9. The Kier molecular flexibility index (Phi) is 2.69. The summed E-state index contributed by atoms with van der Waals surface area (Å²) in [6, 6.07) is 7.78. The van der Waals surface area contributed by atoms with Crippen LogP contribution in [0.1, 0.15) is 31.2 Å². The Balaban J connectivity index is 1.94. The van der Waals surface area contributed by atoms with Gasteiger partial charge >= 0.3 is 5.97 Å². The second kappa shape index (κ2) is 4.26. The molecule has 5 nitrogen and oxygen atoms in total. The molecular weight excluding hydrogens is 244 g/mol. The summed E-state index contributed by atoms with van der Waals surface area (Å²) in [7, 11) is 0. The number of amides is 1. The van der Waals surface area contributed by atoms with E-state index < -0.39 is 5.97 Å². The normalized spacial score (nSPS) is 20.2. The highest BCUT2D eigenvalue weighted by Crippen LogP contribution is 2.53. The van der Waals surface area contributed by atoms with Crippen molar-refractivity contribution >= 4 is 17.6 Å². The minimum absolute atomic E-state index is 0.0119. The number of carboxylic acid groups (broad SMARTS) is 1. The van der Waals surface area contributed by atoms with Gasteiger partial charge in [-0.2, -0.15) is 0 Å². The third-order valence-electron chi connectivity index (χ3n) is 3.93. The maximum absolute atomic E-state index is 11.3. The van der Waals surface area contributed by atoms with Gasteiger partial charge in [-0.15, -0.1) is 0 Å². The molecule has 1 aromatic carbocycles. The number of hydrogen-bond donors (Lipinski definition) is 2. The van der Waals surface area contributed by atoms with Crippen molar-refractivity contribution in [3.05, 3.63) is 29.8 Å². The molecule has 1 aliphatic carbocycles. The van der Waals surface area contributed by atoms with E-state index in [1.54, 1.807) is 0 Å². The number of hydrogen-bond acceptors (Lipinski definition) is 3. The third-order valence-corrected chi connectivity index (χ3v) is 3.93. The number of carboxylic acids is 1. The molecule has 2 fully saturated rings. The van der Waals surface area contributed by atoms with E-state index in [1.807, 2.05) is 29.3 Å². The van der Waals surface area contributed by atoms with Crippen LogP contribution in [0.4, 0.5) is 5.69 Å². The lowest BCUT2D eigenvalue weighted by Gasteiger charge is -2.24. The number of rotatable bonds is 4. The molecule has 1 amide bonds. The molecule has 100 valence electrons. The fraction of sp³-hybridized carbons (Fsp3) is 0.429. The molecule has 1 aliphatic heterocycles. The highest BCUT2D eigenvalue weighted by molar-refractivity contribution is 5.82. The van der Waals surface area contributed by atoms with Crippen LogP contribution in [0.3, 0.4) is 0 Å². The highest BCUT2D eigenvalue weighted by atomic mass is 16.4. The van der Waals surface area contributed by atoms with E-state index in [0.717, 1.165) is 24.1 Å². The second-order valence-electron chi connectivity index (χ2n) is 5.30. The van der Waals surface area contributed by atoms with Crippen LogP contribution in [-0.4, -0.2) is 23.5 Å². The summed E-state index contributed by atoms with van der Waals surface area (Å²) in [6.45, 7) is 0.638. The van der Waals surface area contributed by atoms with Crippen molar-refractivity contribution in [1.29, 1.82) is 0 Å². The number of benzene rings is 1. The summed E-state index contributed by atoms with van der Waals surface area (Å²) in [4.78, 5) is 22.4. The van der Waals surface area contributed by atoms with Gasteiger partial charge in [-0.3, -0.25) is 20.0 Å². The molecule has 2 N–H and O–H groups in total. The number of carbonyl (C=O) groups is 2. The molecule has 0 atom stereocenters. The Bertz CT molecular complexity index is 537. The van der Waals surface area contributed by atoms with Crippen molar-refractivity contribution in [2.75, 3.05) is 11.6 Å². The topological polar surface area (TPSA) is 69.6 Å². The van der Waals surface area contributed by atoms with Crippen LogP contribution in [0, 0.1) is 0 Å². The Morgan fingerprint density at radius 1 is 1.37 bits per heavy atom. The Morgan fingerprint density at radius 3 is 2.68 bits per heavy atom. The van der Waals surface area contributed by atoms with Gasteiger partial charge in [-0.05, 0) is 24.5 Å². The van der Waals surface area contributed by atoms with Gasteiger partial charge in [0.05, 0.1) is 12.1 Å². The van der Waals surface area contributed by atoms with Crippen LogP contribution in [0.15, 0.2) is 24.3 Å². The summed E-state index contributed by atoms with van der Waals surface area (Å²) < 4.78 is 0. The monoisotopic (exact) mass is 260 g/mol. The van der Waals surface area contributed by atoms with Crippen LogP contribution in [-0.2, 0) is 15.0 Å². The molecule has 1 aromatic rings. The zero-order valence-corrected chi connectivity index (χ0v) is 10.6. The zero-order valence-electron chi connectivity index (χ0n) is 10.6. The van der Waals surface area contributed by atoms with E-state index >= 15 is 0 Å². The van der Waals surface area contributed by atoms with Gasteiger partial charge in [0.15, 0.2) is 0 Å². The van der Waals surface area contributed by atoms with Crippen molar-refractivity contribution in [3.63, 3.8) is 0 Å². The molecule has 0 unspecified atom stereocenters. The van der Waals surface area contributed by atoms with Gasteiger partial charge in [0, 0.05) is 18.4 Å². The van der Waals surface area contributed by atoms with Crippen LogP contribution in [0.2, 0.25) is 0 Å². The zero-order chi connectivity index (χ0) is 13.5. The first kappa shape index (κ1) is 12.0. The van der Waals surface area contributed by atoms with Crippen LogP contribution < -0.4 is 10.4 Å². The van der Waals surface area contributed by atoms with Gasteiger partial charge in [0.2, 0.25) is 5.91 Å². The van der Waals surface area contributed by atoms with Crippen molar-refractivity contribution in [3.8, 4) is 0 Å². The number of para-hydroxylation sites is 1. The SMILES string of the molecule is O=C(O)CC1(c2ccccc2N2CCC(=O)N2)CC1. The molecule has 5 heteroatoms. The average molecular weight is 260 g/mol. The fourth-order valence-corrected chi connectivity index (χ4v) is 2.80. The van der Waals surface area contributed by atoms with Gasteiger partial charge in [-0.25, -0.2) is 0 Å². The molecule has 0 radical (unpaired) electrons. The standard InChI is InChI=1S/C14H16N2O3/c17-12-5-8-16(15-12)11-4-2-1-3-10(11)14(6-7-14)9-13(18)19/h1-4H,5-9H2,(H,15,17)(H,18,19). The van der Waals surface area contributed by atoms with Crippen LogP contribution in [0.5, 0.6) is 0 Å². The molecule has 1 saturated carbocycles. The minimum Gasteiger partial charge on any atom is -0.481 e. The van der Waals surface area contributed by atoms with Crippen LogP contribution in [0.25, 0.3) is 0 Å². The quantitative estimate of drug-likeness (QED) is 0.859. The molecule has 0 bridgehead atoms. The predicted octanol–water partition coefficient (Wildman–Crippen LogP) is 1.43. The van der Waals surface area contributed by atoms with Crippen molar-refractivity contribution in [2.24, 2.45) is 0 Å². The number of nitrogens with zero attached hydrogens (tertiary/aromatic N) is 1. The van der Waals surface area contributed by atoms with Gasteiger partial charge in [0.1, 0.15) is 0 Å². The summed E-state index contributed by atoms with van der Waals surface area (Å²) >= 11 is 0. The molecule has 19 heavy (non-hydrogen) atoms. The lowest BCUT2D eigenvalue weighted by atomic mass is 9.91. The lowest BCUT2D eigenvalue weighted by Crippen LogP contribution is -2.34. The van der Waals surface area contributed by atoms with E-state index in [2.05, 4.69) is 5.43 Å². The van der Waals surface area contributed by atoms with E-state index in [-0.39, 0.29) is 17.7 Å². The molecule has 0 spiro atoms. The van der Waals surface area contributed by atoms with Crippen molar-refractivity contribution in [1.82, 2.24) is 5.43 Å². The van der Waals surface area contributed by atoms with Crippen LogP contribution >= 0.6 is 0 Å². The van der Waals surface area contributed by atoms with Crippen molar-refractivity contribution in [2.45, 2.75) is 31.1 Å². The summed E-state index contributed by atoms with van der Waals surface area (Å²) in [5.74, 6) is -0.754. The van der Waals surface area contributed by atoms with Crippen molar-refractivity contribution < 1.29 is 14.7 Å². The maximum atomic E-state index is 11.3. The largest absolute Gasteiger partial charge is 0.481 e. The molecule has 3 rings (SSSR count). The third kappa shape index (κ3) is 2.16. The number of anilines is 1. The molecule has 1 saturated heterocycles. The molecular formula is C14H16N2O3. The van der Waals surface area contributed by atoms with Gasteiger partial charge < -0.3 is 5.11 Å². The smallest absolute Gasteiger partial charge is 0.304 e. The average Bonchev–Trinajstić information content (AvgIpc) is 3.01. The lowest BCUT2D eigenvalue weighted by molar-refractivity contribution is -0.137. The summed E-state index contributed by atoms with van der Waals surface area (Å²) in [6.07, 6.45) is 2.45. The van der Waals surface area contributed by atoms with Gasteiger partial charge in [-0.1, -0.05) is 18.2 Å². The highest BCUT2D eigenvalue weighted by Gasteiger charge is 2.47. The first-order valence-electron chi connectivity index (χ1n) is 6.49. The number of hydrazine groups is 1. The minimum atomic E-state index is -0.766. The fourth-order valence-electron chi connectivity index (χ4n) is 2.80. The Labute approximate surface area is 111 Å². The Morgan fingerprint density at radius 2 is 2.11 bits per heavy atom.